The van der Waals surface area contributed by atoms with Crippen molar-refractivity contribution in [3.63, 3.8) is 0 Å². The fourth-order valence-electron chi connectivity index (χ4n) is 2.89. The Morgan fingerprint density at radius 3 is 2.85 bits per heavy atom. The molecular formula is C13H20N6S. The van der Waals surface area contributed by atoms with E-state index in [-0.39, 0.29) is 0 Å². The molecule has 0 radical (unpaired) electrons. The molecule has 0 atom stereocenters. The molecule has 0 aromatic carbocycles. The Kier molecular flexibility index (Phi) is 3.60. The van der Waals surface area contributed by atoms with Crippen LogP contribution in [-0.4, -0.2) is 31.4 Å². The maximum Gasteiger partial charge on any atom is 0.226 e. The zero-order valence-corrected chi connectivity index (χ0v) is 12.7. The largest absolute Gasteiger partial charge is 0.337 e. The summed E-state index contributed by atoms with van der Waals surface area (Å²) >= 11 is 5.40. The van der Waals surface area contributed by atoms with E-state index in [4.69, 9.17) is 12.2 Å². The molecule has 6 nitrogen and oxygen atoms in total. The molecule has 3 rings (SSSR count). The lowest BCUT2D eigenvalue weighted by molar-refractivity contribution is 0.507. The van der Waals surface area contributed by atoms with E-state index in [9.17, 15) is 0 Å². The van der Waals surface area contributed by atoms with E-state index in [1.54, 1.807) is 0 Å². The summed E-state index contributed by atoms with van der Waals surface area (Å²) in [5.41, 5.74) is 0. The Morgan fingerprint density at radius 2 is 2.20 bits per heavy atom. The first-order chi connectivity index (χ1) is 9.66. The lowest BCUT2D eigenvalue weighted by Gasteiger charge is -2.21. The molecule has 1 aliphatic carbocycles. The second-order valence-corrected chi connectivity index (χ2v) is 5.83. The second-order valence-electron chi connectivity index (χ2n) is 5.45. The van der Waals surface area contributed by atoms with Crippen molar-refractivity contribution >= 4 is 18.2 Å². The van der Waals surface area contributed by atoms with Gasteiger partial charge in [0.05, 0.1) is 6.54 Å². The van der Waals surface area contributed by atoms with E-state index < -0.39 is 0 Å². The molecular weight excluding hydrogens is 272 g/mol. The number of H-pyrrole nitrogens is 1. The summed E-state index contributed by atoms with van der Waals surface area (Å²) in [5, 5.41) is 7.34. The van der Waals surface area contributed by atoms with E-state index in [0.717, 1.165) is 23.1 Å². The zero-order chi connectivity index (χ0) is 14.1. The third-order valence-electron chi connectivity index (χ3n) is 4.02. The molecule has 0 amide bonds. The average molecular weight is 292 g/mol. The van der Waals surface area contributed by atoms with Crippen molar-refractivity contribution < 1.29 is 0 Å². The summed E-state index contributed by atoms with van der Waals surface area (Å²) < 4.78 is 4.92. The minimum absolute atomic E-state index is 0.486. The lowest BCUT2D eigenvalue weighted by atomic mass is 10.2. The molecule has 1 fully saturated rings. The van der Waals surface area contributed by atoms with Crippen LogP contribution in [-0.2, 0) is 13.6 Å². The van der Waals surface area contributed by atoms with Gasteiger partial charge in [-0.05, 0) is 25.1 Å². The van der Waals surface area contributed by atoms with Crippen LogP contribution in [0.25, 0.3) is 0 Å². The number of hydrogen-bond donors (Lipinski definition) is 1. The van der Waals surface area contributed by atoms with Crippen molar-refractivity contribution in [1.29, 1.82) is 0 Å². The fourth-order valence-corrected chi connectivity index (χ4v) is 3.17. The van der Waals surface area contributed by atoms with Gasteiger partial charge in [-0.3, -0.25) is 4.57 Å². The van der Waals surface area contributed by atoms with E-state index >= 15 is 0 Å². The average Bonchev–Trinajstić information content (AvgIpc) is 3.11. The van der Waals surface area contributed by atoms with E-state index in [1.807, 2.05) is 31.1 Å². The normalized spacial score (nSPS) is 15.9. The highest BCUT2D eigenvalue weighted by atomic mass is 32.1. The van der Waals surface area contributed by atoms with Gasteiger partial charge in [0, 0.05) is 32.5 Å². The van der Waals surface area contributed by atoms with Crippen molar-refractivity contribution in [1.82, 2.24) is 24.3 Å². The summed E-state index contributed by atoms with van der Waals surface area (Å²) in [6.07, 6.45) is 8.71. The van der Waals surface area contributed by atoms with Crippen LogP contribution in [0.4, 0.5) is 5.95 Å². The van der Waals surface area contributed by atoms with Crippen molar-refractivity contribution in [3.8, 4) is 0 Å². The van der Waals surface area contributed by atoms with Crippen molar-refractivity contribution in [2.24, 2.45) is 7.05 Å². The van der Waals surface area contributed by atoms with Crippen LogP contribution in [0, 0.1) is 4.77 Å². The third-order valence-corrected chi connectivity index (χ3v) is 4.30. The molecule has 1 aliphatic rings. The molecule has 0 spiro atoms. The Morgan fingerprint density at radius 1 is 1.45 bits per heavy atom. The van der Waals surface area contributed by atoms with Crippen LogP contribution in [0.3, 0.4) is 0 Å². The maximum absolute atomic E-state index is 5.40. The summed E-state index contributed by atoms with van der Waals surface area (Å²) in [7, 11) is 4.04. The quantitative estimate of drug-likeness (QED) is 0.879. The number of anilines is 1. The highest BCUT2D eigenvalue weighted by Gasteiger charge is 2.23. The Balaban J connectivity index is 1.86. The maximum atomic E-state index is 5.40. The van der Waals surface area contributed by atoms with E-state index in [0.29, 0.717) is 6.04 Å². The number of nitrogens with zero attached hydrogens (tertiary/aromatic N) is 5. The van der Waals surface area contributed by atoms with Crippen molar-refractivity contribution in [2.45, 2.75) is 38.3 Å². The zero-order valence-electron chi connectivity index (χ0n) is 11.9. The number of aryl methyl sites for hydroxylation is 1. The third kappa shape index (κ3) is 2.37. The van der Waals surface area contributed by atoms with Gasteiger partial charge in [0.2, 0.25) is 5.95 Å². The van der Waals surface area contributed by atoms with Crippen LogP contribution >= 0.6 is 12.2 Å². The van der Waals surface area contributed by atoms with Gasteiger partial charge in [-0.1, -0.05) is 12.8 Å². The number of imidazole rings is 1. The Hall–Kier alpha value is -1.63. The predicted molar refractivity (Wildman–Crippen MR) is 80.2 cm³/mol. The molecule has 2 heterocycles. The van der Waals surface area contributed by atoms with Gasteiger partial charge < -0.3 is 9.47 Å². The molecule has 0 aliphatic heterocycles. The van der Waals surface area contributed by atoms with Crippen LogP contribution in [0.2, 0.25) is 0 Å². The molecule has 7 heteroatoms. The second kappa shape index (κ2) is 5.40. The van der Waals surface area contributed by atoms with Gasteiger partial charge in [0.1, 0.15) is 5.82 Å². The van der Waals surface area contributed by atoms with E-state index in [1.165, 1.54) is 25.7 Å². The molecule has 2 aromatic rings. The van der Waals surface area contributed by atoms with Gasteiger partial charge in [-0.15, -0.1) is 5.10 Å². The molecule has 0 unspecified atom stereocenters. The number of rotatable bonds is 4. The topological polar surface area (TPSA) is 54.7 Å². The van der Waals surface area contributed by atoms with Gasteiger partial charge in [-0.25, -0.2) is 10.1 Å². The van der Waals surface area contributed by atoms with Gasteiger partial charge in [-0.2, -0.15) is 0 Å². The first kappa shape index (κ1) is 13.4. The van der Waals surface area contributed by atoms with Crippen molar-refractivity contribution in [2.75, 3.05) is 11.9 Å². The molecule has 0 bridgehead atoms. The molecule has 2 aromatic heterocycles. The first-order valence-electron chi connectivity index (χ1n) is 7.01. The predicted octanol–water partition coefficient (Wildman–Crippen LogP) is 2.43. The number of aromatic nitrogens is 5. The first-order valence-corrected chi connectivity index (χ1v) is 7.42. The minimum atomic E-state index is 0.486. The van der Waals surface area contributed by atoms with Gasteiger partial charge in [0.25, 0.3) is 0 Å². The summed E-state index contributed by atoms with van der Waals surface area (Å²) in [6, 6.07) is 0.486. The summed E-state index contributed by atoms with van der Waals surface area (Å²) in [4.78, 5) is 6.47. The fraction of sp³-hybridized carbons (Fsp3) is 0.615. The Labute approximate surface area is 123 Å². The summed E-state index contributed by atoms with van der Waals surface area (Å²) in [6.45, 7) is 0.718. The van der Waals surface area contributed by atoms with Crippen LogP contribution in [0.5, 0.6) is 0 Å². The standard InChI is InChI=1S/C13H20N6S/c1-17-8-7-14-11(17)9-18(2)12-15-16-13(20)19(12)10-5-3-4-6-10/h7-8,10H,3-6,9H2,1-2H3,(H,16,20). The van der Waals surface area contributed by atoms with E-state index in [2.05, 4.69) is 24.6 Å². The smallest absolute Gasteiger partial charge is 0.226 e. The number of nitrogens with one attached hydrogen (secondary N) is 1. The highest BCUT2D eigenvalue weighted by molar-refractivity contribution is 7.71. The molecule has 20 heavy (non-hydrogen) atoms. The number of aromatic amines is 1. The monoisotopic (exact) mass is 292 g/mol. The van der Waals surface area contributed by atoms with Crippen LogP contribution in [0.1, 0.15) is 37.5 Å². The minimum Gasteiger partial charge on any atom is -0.337 e. The van der Waals surface area contributed by atoms with Gasteiger partial charge >= 0.3 is 0 Å². The van der Waals surface area contributed by atoms with Crippen LogP contribution in [0.15, 0.2) is 12.4 Å². The lowest BCUT2D eigenvalue weighted by Crippen LogP contribution is -2.24. The molecule has 0 saturated heterocycles. The highest BCUT2D eigenvalue weighted by Crippen LogP contribution is 2.32. The molecule has 108 valence electrons. The Bertz CT molecular complexity index is 633. The molecule has 1 N–H and O–H groups in total. The number of hydrogen-bond acceptors (Lipinski definition) is 4. The van der Waals surface area contributed by atoms with Crippen LogP contribution < -0.4 is 4.90 Å². The SMILES string of the molecule is CN(Cc1nccn1C)c1n[nH]c(=S)n1C1CCCC1. The van der Waals surface area contributed by atoms with Gasteiger partial charge in [0.15, 0.2) is 4.77 Å². The molecule has 1 saturated carbocycles. The summed E-state index contributed by atoms with van der Waals surface area (Å²) in [5.74, 6) is 1.92. The van der Waals surface area contributed by atoms with Crippen molar-refractivity contribution in [3.05, 3.63) is 23.0 Å².